The SMILES string of the molecule is C[C@H]1CN(C#N)C[C@@H]1c1cc(-c2ccncc2)n[nH]1. The highest BCUT2D eigenvalue weighted by Gasteiger charge is 2.31. The Balaban J connectivity index is 1.85. The number of hydrogen-bond donors (Lipinski definition) is 1. The van der Waals surface area contributed by atoms with Gasteiger partial charge >= 0.3 is 0 Å². The van der Waals surface area contributed by atoms with E-state index in [9.17, 15) is 0 Å². The molecule has 0 aliphatic carbocycles. The van der Waals surface area contributed by atoms with Crippen LogP contribution in [0.5, 0.6) is 0 Å². The summed E-state index contributed by atoms with van der Waals surface area (Å²) in [6.07, 6.45) is 5.75. The second kappa shape index (κ2) is 4.73. The molecule has 1 fully saturated rings. The molecular weight excluding hydrogens is 238 g/mol. The quantitative estimate of drug-likeness (QED) is 0.831. The van der Waals surface area contributed by atoms with Crippen molar-refractivity contribution in [2.24, 2.45) is 5.92 Å². The molecule has 0 bridgehead atoms. The fraction of sp³-hybridized carbons (Fsp3) is 0.357. The third-order valence-electron chi connectivity index (χ3n) is 3.73. The van der Waals surface area contributed by atoms with Crippen LogP contribution >= 0.6 is 0 Å². The smallest absolute Gasteiger partial charge is 0.179 e. The van der Waals surface area contributed by atoms with E-state index in [0.29, 0.717) is 11.8 Å². The van der Waals surface area contributed by atoms with Crippen LogP contribution in [0.4, 0.5) is 0 Å². The lowest BCUT2D eigenvalue weighted by molar-refractivity contribution is 0.465. The van der Waals surface area contributed by atoms with Gasteiger partial charge in [0.1, 0.15) is 0 Å². The maximum absolute atomic E-state index is 8.97. The van der Waals surface area contributed by atoms with Gasteiger partial charge in [-0.05, 0) is 24.1 Å². The molecule has 5 heteroatoms. The van der Waals surface area contributed by atoms with E-state index in [0.717, 1.165) is 30.0 Å². The van der Waals surface area contributed by atoms with Crippen LogP contribution in [0.2, 0.25) is 0 Å². The van der Waals surface area contributed by atoms with Gasteiger partial charge < -0.3 is 4.90 Å². The summed E-state index contributed by atoms with van der Waals surface area (Å²) in [6, 6.07) is 5.97. The Morgan fingerprint density at radius 3 is 2.84 bits per heavy atom. The molecule has 0 spiro atoms. The van der Waals surface area contributed by atoms with E-state index in [2.05, 4.69) is 34.4 Å². The van der Waals surface area contributed by atoms with E-state index >= 15 is 0 Å². The van der Waals surface area contributed by atoms with Gasteiger partial charge in [0.25, 0.3) is 0 Å². The molecule has 3 rings (SSSR count). The van der Waals surface area contributed by atoms with Gasteiger partial charge in [0, 0.05) is 42.7 Å². The van der Waals surface area contributed by atoms with Crippen molar-refractivity contribution in [2.75, 3.05) is 13.1 Å². The number of pyridine rings is 1. The lowest BCUT2D eigenvalue weighted by atomic mass is 9.94. The number of rotatable bonds is 2. The van der Waals surface area contributed by atoms with E-state index in [1.807, 2.05) is 17.0 Å². The van der Waals surface area contributed by atoms with Crippen molar-refractivity contribution in [1.29, 1.82) is 5.26 Å². The summed E-state index contributed by atoms with van der Waals surface area (Å²) in [4.78, 5) is 5.82. The van der Waals surface area contributed by atoms with Crippen LogP contribution in [0, 0.1) is 17.4 Å². The van der Waals surface area contributed by atoms with Crippen LogP contribution in [0.25, 0.3) is 11.3 Å². The van der Waals surface area contributed by atoms with Crippen LogP contribution in [-0.4, -0.2) is 33.2 Å². The first-order valence-corrected chi connectivity index (χ1v) is 6.38. The number of nitrogens with one attached hydrogen (secondary N) is 1. The summed E-state index contributed by atoms with van der Waals surface area (Å²) >= 11 is 0. The highest BCUT2D eigenvalue weighted by molar-refractivity contribution is 5.58. The molecular formula is C14H15N5. The van der Waals surface area contributed by atoms with Gasteiger partial charge in [0.05, 0.1) is 5.69 Å². The molecule has 2 atom stereocenters. The van der Waals surface area contributed by atoms with Gasteiger partial charge in [0.2, 0.25) is 0 Å². The molecule has 19 heavy (non-hydrogen) atoms. The van der Waals surface area contributed by atoms with Crippen molar-refractivity contribution < 1.29 is 0 Å². The Hall–Kier alpha value is -2.35. The molecule has 1 saturated heterocycles. The molecule has 1 N–H and O–H groups in total. The molecule has 96 valence electrons. The maximum Gasteiger partial charge on any atom is 0.179 e. The largest absolute Gasteiger partial charge is 0.310 e. The summed E-state index contributed by atoms with van der Waals surface area (Å²) in [5, 5.41) is 16.5. The van der Waals surface area contributed by atoms with Crippen molar-refractivity contribution >= 4 is 0 Å². The van der Waals surface area contributed by atoms with E-state index in [-0.39, 0.29) is 0 Å². The minimum absolute atomic E-state index is 0.350. The Kier molecular flexibility index (Phi) is 2.92. The number of hydrogen-bond acceptors (Lipinski definition) is 4. The van der Waals surface area contributed by atoms with Crippen molar-refractivity contribution in [3.63, 3.8) is 0 Å². The van der Waals surface area contributed by atoms with Gasteiger partial charge in [-0.25, -0.2) is 0 Å². The molecule has 2 aromatic rings. The normalized spacial score (nSPS) is 22.4. The lowest BCUT2D eigenvalue weighted by Crippen LogP contribution is -2.12. The molecule has 1 aliphatic heterocycles. The zero-order valence-electron chi connectivity index (χ0n) is 10.7. The summed E-state index contributed by atoms with van der Waals surface area (Å²) in [6.45, 7) is 3.77. The summed E-state index contributed by atoms with van der Waals surface area (Å²) in [5.74, 6) is 0.813. The van der Waals surface area contributed by atoms with Gasteiger partial charge in [0.15, 0.2) is 6.19 Å². The first kappa shape index (κ1) is 11.7. The molecule has 0 amide bonds. The predicted molar refractivity (Wildman–Crippen MR) is 70.9 cm³/mol. The zero-order chi connectivity index (χ0) is 13.2. The lowest BCUT2D eigenvalue weighted by Gasteiger charge is -2.10. The topological polar surface area (TPSA) is 68.6 Å². The number of H-pyrrole nitrogens is 1. The molecule has 1 aliphatic rings. The molecule has 0 unspecified atom stereocenters. The van der Waals surface area contributed by atoms with Crippen LogP contribution in [0.15, 0.2) is 30.6 Å². The number of nitriles is 1. The fourth-order valence-electron chi connectivity index (χ4n) is 2.65. The van der Waals surface area contributed by atoms with Crippen LogP contribution in [-0.2, 0) is 0 Å². The van der Waals surface area contributed by atoms with Crippen molar-refractivity contribution in [1.82, 2.24) is 20.1 Å². The first-order valence-electron chi connectivity index (χ1n) is 6.38. The zero-order valence-corrected chi connectivity index (χ0v) is 10.7. The van der Waals surface area contributed by atoms with Crippen LogP contribution in [0.3, 0.4) is 0 Å². The van der Waals surface area contributed by atoms with E-state index in [1.54, 1.807) is 12.4 Å². The average molecular weight is 253 g/mol. The standard InChI is InChI=1S/C14H15N5/c1-10-7-19(9-15)8-12(10)14-6-13(17-18-14)11-2-4-16-5-3-11/h2-6,10,12H,7-8H2,1H3,(H,17,18)/t10-,12-/m0/s1. The Morgan fingerprint density at radius 2 is 2.16 bits per heavy atom. The Morgan fingerprint density at radius 1 is 1.37 bits per heavy atom. The third kappa shape index (κ3) is 2.17. The number of likely N-dealkylation sites (tertiary alicyclic amines) is 1. The third-order valence-corrected chi connectivity index (χ3v) is 3.73. The maximum atomic E-state index is 8.97. The van der Waals surface area contributed by atoms with Crippen LogP contribution < -0.4 is 0 Å². The van der Waals surface area contributed by atoms with Gasteiger partial charge in [-0.1, -0.05) is 6.92 Å². The minimum atomic E-state index is 0.350. The Bertz CT molecular complexity index is 598. The average Bonchev–Trinajstić information content (AvgIpc) is 3.06. The van der Waals surface area contributed by atoms with Crippen molar-refractivity contribution in [3.8, 4) is 17.5 Å². The molecule has 0 radical (unpaired) electrons. The monoisotopic (exact) mass is 253 g/mol. The van der Waals surface area contributed by atoms with Crippen LogP contribution in [0.1, 0.15) is 18.5 Å². The van der Waals surface area contributed by atoms with E-state index in [4.69, 9.17) is 5.26 Å². The molecule has 3 heterocycles. The second-order valence-electron chi connectivity index (χ2n) is 5.03. The fourth-order valence-corrected chi connectivity index (χ4v) is 2.65. The molecule has 0 aromatic carbocycles. The summed E-state index contributed by atoms with van der Waals surface area (Å²) in [7, 11) is 0. The van der Waals surface area contributed by atoms with Gasteiger partial charge in [-0.3, -0.25) is 10.1 Å². The minimum Gasteiger partial charge on any atom is -0.310 e. The van der Waals surface area contributed by atoms with Crippen molar-refractivity contribution in [2.45, 2.75) is 12.8 Å². The summed E-state index contributed by atoms with van der Waals surface area (Å²) in [5.41, 5.74) is 3.09. The van der Waals surface area contributed by atoms with E-state index in [1.165, 1.54) is 0 Å². The number of nitrogens with zero attached hydrogens (tertiary/aromatic N) is 4. The number of aromatic nitrogens is 3. The molecule has 5 nitrogen and oxygen atoms in total. The highest BCUT2D eigenvalue weighted by atomic mass is 15.2. The summed E-state index contributed by atoms with van der Waals surface area (Å²) < 4.78 is 0. The molecule has 0 saturated carbocycles. The second-order valence-corrected chi connectivity index (χ2v) is 5.03. The van der Waals surface area contributed by atoms with Gasteiger partial charge in [-0.2, -0.15) is 10.4 Å². The number of aromatic amines is 1. The highest BCUT2D eigenvalue weighted by Crippen LogP contribution is 2.32. The molecule has 2 aromatic heterocycles. The Labute approximate surface area is 111 Å². The van der Waals surface area contributed by atoms with Crippen molar-refractivity contribution in [3.05, 3.63) is 36.3 Å². The predicted octanol–water partition coefficient (Wildman–Crippen LogP) is 1.99. The van der Waals surface area contributed by atoms with E-state index < -0.39 is 0 Å². The van der Waals surface area contributed by atoms with Gasteiger partial charge in [-0.15, -0.1) is 0 Å². The first-order chi connectivity index (χ1) is 9.28.